The number of alkyl halides is 1. The third kappa shape index (κ3) is 2.07. The fraction of sp³-hybridized carbons (Fsp3) is 0.417. The molecule has 2 rings (SSSR count). The van der Waals surface area contributed by atoms with Gasteiger partial charge in [-0.2, -0.15) is 5.26 Å². The summed E-state index contributed by atoms with van der Waals surface area (Å²) in [7, 11) is 2.08. The lowest BCUT2D eigenvalue weighted by Crippen LogP contribution is -2.41. The molecule has 0 aliphatic carbocycles. The van der Waals surface area contributed by atoms with Gasteiger partial charge in [0.1, 0.15) is 5.38 Å². The van der Waals surface area contributed by atoms with Crippen LogP contribution in [0.2, 0.25) is 0 Å². The maximum absolute atomic E-state index is 8.75. The number of fused-ring (bicyclic) bond motifs is 1. The second-order valence-electron chi connectivity index (χ2n) is 3.95. The monoisotopic (exact) mass is 235 g/mol. The first-order chi connectivity index (χ1) is 7.72. The number of hydrogen-bond acceptors (Lipinski definition) is 3. The molecule has 1 aromatic rings. The number of nitrogens with zero attached hydrogens (tertiary/aromatic N) is 3. The number of para-hydroxylation sites is 2. The van der Waals surface area contributed by atoms with E-state index in [2.05, 4.69) is 35.0 Å². The summed E-state index contributed by atoms with van der Waals surface area (Å²) in [6.07, 6.45) is 0. The van der Waals surface area contributed by atoms with Crippen molar-refractivity contribution in [2.24, 2.45) is 0 Å². The Balaban J connectivity index is 2.25. The van der Waals surface area contributed by atoms with Crippen molar-refractivity contribution in [3.05, 3.63) is 24.3 Å². The van der Waals surface area contributed by atoms with Gasteiger partial charge < -0.3 is 9.80 Å². The van der Waals surface area contributed by atoms with Crippen molar-refractivity contribution in [1.29, 1.82) is 5.26 Å². The number of likely N-dealkylation sites (N-methyl/N-ethyl adjacent to an activating group) is 1. The molecule has 1 heterocycles. The molecule has 0 saturated carbocycles. The van der Waals surface area contributed by atoms with Gasteiger partial charge in [0.25, 0.3) is 0 Å². The summed E-state index contributed by atoms with van der Waals surface area (Å²) in [5.74, 6) is 0. The summed E-state index contributed by atoms with van der Waals surface area (Å²) in [6.45, 7) is 2.47. The molecule has 84 valence electrons. The van der Waals surface area contributed by atoms with Crippen molar-refractivity contribution in [3.63, 3.8) is 0 Å². The van der Waals surface area contributed by atoms with Crippen LogP contribution in [0.15, 0.2) is 24.3 Å². The molecular formula is C12H14ClN3. The molecule has 0 fully saturated rings. The lowest BCUT2D eigenvalue weighted by Gasteiger charge is -2.37. The first-order valence-electron chi connectivity index (χ1n) is 5.31. The zero-order valence-electron chi connectivity index (χ0n) is 9.23. The van der Waals surface area contributed by atoms with Crippen molar-refractivity contribution in [3.8, 4) is 6.07 Å². The number of anilines is 2. The van der Waals surface area contributed by atoms with E-state index in [0.717, 1.165) is 18.8 Å². The van der Waals surface area contributed by atoms with Gasteiger partial charge in [0.05, 0.1) is 17.4 Å². The summed E-state index contributed by atoms with van der Waals surface area (Å²) >= 11 is 5.89. The molecule has 16 heavy (non-hydrogen) atoms. The van der Waals surface area contributed by atoms with Crippen LogP contribution in [-0.2, 0) is 0 Å². The number of benzene rings is 1. The molecule has 1 aliphatic heterocycles. The quantitative estimate of drug-likeness (QED) is 0.736. The molecule has 0 bridgehead atoms. The second kappa shape index (κ2) is 4.63. The summed E-state index contributed by atoms with van der Waals surface area (Å²) in [5, 5.41) is 8.30. The molecule has 1 aromatic carbocycles. The van der Waals surface area contributed by atoms with Crippen molar-refractivity contribution < 1.29 is 0 Å². The molecule has 0 N–H and O–H groups in total. The van der Waals surface area contributed by atoms with Crippen LogP contribution in [0, 0.1) is 11.3 Å². The Kier molecular flexibility index (Phi) is 3.21. The van der Waals surface area contributed by atoms with E-state index in [0.29, 0.717) is 6.54 Å². The Morgan fingerprint density at radius 1 is 1.38 bits per heavy atom. The first-order valence-corrected chi connectivity index (χ1v) is 5.75. The van der Waals surface area contributed by atoms with Crippen molar-refractivity contribution in [1.82, 2.24) is 0 Å². The van der Waals surface area contributed by atoms with Crippen LogP contribution in [0.3, 0.4) is 0 Å². The lowest BCUT2D eigenvalue weighted by molar-refractivity contribution is 0.739. The average Bonchev–Trinajstić information content (AvgIpc) is 2.33. The van der Waals surface area contributed by atoms with E-state index in [1.165, 1.54) is 5.69 Å². The number of hydrogen-bond donors (Lipinski definition) is 0. The lowest BCUT2D eigenvalue weighted by atomic mass is 10.1. The van der Waals surface area contributed by atoms with E-state index >= 15 is 0 Å². The zero-order valence-corrected chi connectivity index (χ0v) is 9.98. The highest BCUT2D eigenvalue weighted by Gasteiger charge is 2.21. The Hall–Kier alpha value is -1.40. The van der Waals surface area contributed by atoms with Crippen LogP contribution in [0.5, 0.6) is 0 Å². The van der Waals surface area contributed by atoms with Crippen LogP contribution < -0.4 is 9.80 Å². The summed E-state index contributed by atoms with van der Waals surface area (Å²) in [5.41, 5.74) is 2.37. The molecule has 0 amide bonds. The molecule has 0 aromatic heterocycles. The average molecular weight is 236 g/mol. The fourth-order valence-electron chi connectivity index (χ4n) is 1.99. The maximum atomic E-state index is 8.75. The maximum Gasteiger partial charge on any atom is 0.137 e. The Bertz CT molecular complexity index is 413. The van der Waals surface area contributed by atoms with Crippen molar-refractivity contribution >= 4 is 23.0 Å². The molecule has 0 spiro atoms. The van der Waals surface area contributed by atoms with Gasteiger partial charge in [-0.05, 0) is 12.1 Å². The minimum atomic E-state index is -0.448. The molecule has 1 aliphatic rings. The zero-order chi connectivity index (χ0) is 11.5. The predicted octanol–water partition coefficient (Wildman–Crippen LogP) is 2.07. The van der Waals surface area contributed by atoms with E-state index in [9.17, 15) is 0 Å². The summed E-state index contributed by atoms with van der Waals surface area (Å²) in [4.78, 5) is 4.40. The Morgan fingerprint density at radius 2 is 2.06 bits per heavy atom. The Labute approximate surface area is 101 Å². The van der Waals surface area contributed by atoms with E-state index in [-0.39, 0.29) is 0 Å². The van der Waals surface area contributed by atoms with Crippen LogP contribution >= 0.6 is 11.6 Å². The molecular weight excluding hydrogens is 222 g/mol. The third-order valence-electron chi connectivity index (χ3n) is 2.86. The highest BCUT2D eigenvalue weighted by atomic mass is 35.5. The minimum absolute atomic E-state index is 0.448. The van der Waals surface area contributed by atoms with Crippen LogP contribution in [0.4, 0.5) is 11.4 Å². The molecule has 0 saturated heterocycles. The Morgan fingerprint density at radius 3 is 2.75 bits per heavy atom. The summed E-state index contributed by atoms with van der Waals surface area (Å²) in [6, 6.07) is 10.3. The third-order valence-corrected chi connectivity index (χ3v) is 3.10. The van der Waals surface area contributed by atoms with Crippen LogP contribution in [-0.4, -0.2) is 32.1 Å². The van der Waals surface area contributed by atoms with Gasteiger partial charge in [0.2, 0.25) is 0 Å². The van der Waals surface area contributed by atoms with Gasteiger partial charge in [-0.25, -0.2) is 0 Å². The standard InChI is InChI=1S/C12H14ClN3/c1-15-6-7-16(9-10(13)8-14)12-5-3-2-4-11(12)15/h2-5,10H,6-7,9H2,1H3. The number of halogens is 1. The SMILES string of the molecule is CN1CCN(CC(Cl)C#N)c2ccccc21. The fourth-order valence-corrected chi connectivity index (χ4v) is 2.16. The van der Waals surface area contributed by atoms with Crippen LogP contribution in [0.25, 0.3) is 0 Å². The highest BCUT2D eigenvalue weighted by Crippen LogP contribution is 2.31. The topological polar surface area (TPSA) is 30.3 Å². The second-order valence-corrected chi connectivity index (χ2v) is 4.48. The van der Waals surface area contributed by atoms with Gasteiger partial charge in [0.15, 0.2) is 0 Å². The number of nitriles is 1. The normalized spacial score (nSPS) is 16.6. The predicted molar refractivity (Wildman–Crippen MR) is 67.2 cm³/mol. The molecule has 3 nitrogen and oxygen atoms in total. The first kappa shape index (κ1) is 11.1. The molecule has 4 heteroatoms. The van der Waals surface area contributed by atoms with Gasteiger partial charge in [-0.3, -0.25) is 0 Å². The van der Waals surface area contributed by atoms with Gasteiger partial charge in [-0.15, -0.1) is 11.6 Å². The van der Waals surface area contributed by atoms with Gasteiger partial charge >= 0.3 is 0 Å². The van der Waals surface area contributed by atoms with E-state index in [4.69, 9.17) is 16.9 Å². The minimum Gasteiger partial charge on any atom is -0.371 e. The largest absolute Gasteiger partial charge is 0.371 e. The number of rotatable bonds is 2. The smallest absolute Gasteiger partial charge is 0.137 e. The van der Waals surface area contributed by atoms with E-state index in [1.54, 1.807) is 0 Å². The summed E-state index contributed by atoms with van der Waals surface area (Å²) < 4.78 is 0. The van der Waals surface area contributed by atoms with Gasteiger partial charge in [0, 0.05) is 26.7 Å². The molecule has 1 atom stereocenters. The highest BCUT2D eigenvalue weighted by molar-refractivity contribution is 6.22. The van der Waals surface area contributed by atoms with Crippen molar-refractivity contribution in [2.45, 2.75) is 5.38 Å². The van der Waals surface area contributed by atoms with Crippen molar-refractivity contribution in [2.75, 3.05) is 36.5 Å². The van der Waals surface area contributed by atoms with Gasteiger partial charge in [-0.1, -0.05) is 12.1 Å². The molecule has 1 unspecified atom stereocenters. The van der Waals surface area contributed by atoms with Crippen LogP contribution in [0.1, 0.15) is 0 Å². The molecule has 0 radical (unpaired) electrons. The van der Waals surface area contributed by atoms with E-state index in [1.807, 2.05) is 12.1 Å². The van der Waals surface area contributed by atoms with E-state index < -0.39 is 5.38 Å².